The first kappa shape index (κ1) is 12.1. The van der Waals surface area contributed by atoms with Gasteiger partial charge < -0.3 is 10.6 Å². The molecule has 2 N–H and O–H groups in total. The van der Waals surface area contributed by atoms with Gasteiger partial charge in [0.1, 0.15) is 17.2 Å². The minimum absolute atomic E-state index is 0.00620. The Morgan fingerprint density at radius 2 is 2.21 bits per heavy atom. The van der Waals surface area contributed by atoms with E-state index in [1.807, 2.05) is 13.8 Å². The predicted molar refractivity (Wildman–Crippen MR) is 70.4 cm³/mol. The van der Waals surface area contributed by atoms with E-state index >= 15 is 0 Å². The summed E-state index contributed by atoms with van der Waals surface area (Å²) in [6, 6.07) is 4.37. The van der Waals surface area contributed by atoms with Gasteiger partial charge in [-0.2, -0.15) is 4.99 Å². The second-order valence-corrected chi connectivity index (χ2v) is 5.41. The minimum atomic E-state index is -0.672. The fourth-order valence-corrected chi connectivity index (χ4v) is 3.34. The minimum Gasteiger partial charge on any atom is -0.385 e. The van der Waals surface area contributed by atoms with Crippen LogP contribution in [0.3, 0.4) is 0 Å². The van der Waals surface area contributed by atoms with Gasteiger partial charge in [0.15, 0.2) is 0 Å². The predicted octanol–water partition coefficient (Wildman–Crippen LogP) is 2.17. The number of hydrogen-bond donors (Lipinski definition) is 1. The van der Waals surface area contributed by atoms with Crippen molar-refractivity contribution in [1.29, 1.82) is 0 Å². The molecule has 3 rings (SSSR count). The lowest BCUT2D eigenvalue weighted by Gasteiger charge is -2.38. The van der Waals surface area contributed by atoms with Gasteiger partial charge >= 0.3 is 6.03 Å². The number of halogens is 1. The lowest BCUT2D eigenvalue weighted by atomic mass is 9.88. The summed E-state index contributed by atoms with van der Waals surface area (Å²) in [6.07, 6.45) is 1.38. The van der Waals surface area contributed by atoms with Gasteiger partial charge in [-0.1, -0.05) is 6.07 Å². The highest BCUT2D eigenvalue weighted by Crippen LogP contribution is 2.46. The largest absolute Gasteiger partial charge is 0.385 e. The van der Waals surface area contributed by atoms with Crippen LogP contribution in [-0.2, 0) is 12.0 Å². The lowest BCUT2D eigenvalue weighted by molar-refractivity contribution is 0.146. The van der Waals surface area contributed by atoms with Crippen molar-refractivity contribution in [3.05, 3.63) is 35.1 Å². The molecule has 1 aliphatic carbocycles. The highest BCUT2D eigenvalue weighted by Gasteiger charge is 2.54. The molecule has 5 heteroatoms. The number of carbonyl (C=O) groups excluding carboxylic acids is 1. The Hall–Kier alpha value is -1.91. The van der Waals surface area contributed by atoms with Crippen molar-refractivity contribution in [3.8, 4) is 0 Å². The number of amides is 2. The smallest absolute Gasteiger partial charge is 0.346 e. The van der Waals surface area contributed by atoms with Crippen LogP contribution in [0, 0.1) is 5.82 Å². The van der Waals surface area contributed by atoms with E-state index in [0.717, 1.165) is 11.1 Å². The van der Waals surface area contributed by atoms with E-state index in [2.05, 4.69) is 4.99 Å². The summed E-state index contributed by atoms with van der Waals surface area (Å²) in [7, 11) is 0. The van der Waals surface area contributed by atoms with Crippen LogP contribution in [0.2, 0.25) is 0 Å². The summed E-state index contributed by atoms with van der Waals surface area (Å²) >= 11 is 0. The second kappa shape index (κ2) is 3.79. The third-order valence-electron chi connectivity index (χ3n) is 4.04. The molecule has 1 unspecified atom stereocenters. The summed E-state index contributed by atoms with van der Waals surface area (Å²) in [6.45, 7) is 3.88. The van der Waals surface area contributed by atoms with Gasteiger partial charge in [-0.25, -0.2) is 9.18 Å². The molecule has 0 fully saturated rings. The van der Waals surface area contributed by atoms with E-state index in [-0.39, 0.29) is 17.9 Å². The molecule has 1 aliphatic heterocycles. The van der Waals surface area contributed by atoms with E-state index in [1.54, 1.807) is 11.0 Å². The van der Waals surface area contributed by atoms with Crippen LogP contribution >= 0.6 is 0 Å². The maximum Gasteiger partial charge on any atom is 0.346 e. The monoisotopic (exact) mass is 261 g/mol. The number of benzene rings is 1. The van der Waals surface area contributed by atoms with Gasteiger partial charge in [0.2, 0.25) is 0 Å². The van der Waals surface area contributed by atoms with Gasteiger partial charge in [-0.05, 0) is 49.9 Å². The molecule has 1 heterocycles. The fraction of sp³-hybridized carbons (Fsp3) is 0.429. The average molecular weight is 261 g/mol. The summed E-state index contributed by atoms with van der Waals surface area (Å²) < 4.78 is 13.3. The number of aryl methyl sites for hydroxylation is 1. The zero-order valence-corrected chi connectivity index (χ0v) is 11.0. The van der Waals surface area contributed by atoms with Crippen molar-refractivity contribution in [2.75, 3.05) is 0 Å². The van der Waals surface area contributed by atoms with Crippen LogP contribution in [0.1, 0.15) is 31.4 Å². The number of carbonyl (C=O) groups is 1. The number of urea groups is 1. The first-order chi connectivity index (χ1) is 8.96. The standard InChI is InChI=1S/C14H16FN3O/c1-8(2)18-13(19)17-12(16)14(18)6-5-9-7-10(15)3-4-11(9)14/h3-4,7-8H,5-6H2,1-2H3,(H2,16,17,19). The molecule has 100 valence electrons. The van der Waals surface area contributed by atoms with Gasteiger partial charge in [0, 0.05) is 6.04 Å². The van der Waals surface area contributed by atoms with Crippen LogP contribution < -0.4 is 5.73 Å². The summed E-state index contributed by atoms with van der Waals surface area (Å²) in [5, 5.41) is 0. The topological polar surface area (TPSA) is 58.7 Å². The van der Waals surface area contributed by atoms with Gasteiger partial charge in [0.25, 0.3) is 0 Å². The van der Waals surface area contributed by atoms with Crippen LogP contribution in [0.4, 0.5) is 9.18 Å². The molecule has 1 aromatic carbocycles. The summed E-state index contributed by atoms with van der Waals surface area (Å²) in [4.78, 5) is 17.7. The van der Waals surface area contributed by atoms with Crippen LogP contribution in [0.5, 0.6) is 0 Å². The van der Waals surface area contributed by atoms with Crippen molar-refractivity contribution < 1.29 is 9.18 Å². The van der Waals surface area contributed by atoms with E-state index in [4.69, 9.17) is 5.73 Å². The molecule has 0 bridgehead atoms. The van der Waals surface area contributed by atoms with Crippen molar-refractivity contribution in [3.63, 3.8) is 0 Å². The number of amidine groups is 1. The molecule has 0 aromatic heterocycles. The number of nitrogens with two attached hydrogens (primary N) is 1. The third kappa shape index (κ3) is 1.44. The second-order valence-electron chi connectivity index (χ2n) is 5.41. The zero-order chi connectivity index (χ0) is 13.8. The Balaban J connectivity index is 2.20. The quantitative estimate of drug-likeness (QED) is 0.842. The van der Waals surface area contributed by atoms with Crippen LogP contribution in [-0.4, -0.2) is 22.8 Å². The molecular formula is C14H16FN3O. The normalized spacial score (nSPS) is 25.4. The number of aliphatic imine (C=N–C) groups is 1. The Morgan fingerprint density at radius 1 is 1.47 bits per heavy atom. The lowest BCUT2D eigenvalue weighted by Crippen LogP contribution is -2.52. The van der Waals surface area contributed by atoms with Crippen molar-refractivity contribution in [2.45, 2.75) is 38.3 Å². The van der Waals surface area contributed by atoms with Gasteiger partial charge in [0.05, 0.1) is 0 Å². The van der Waals surface area contributed by atoms with Crippen molar-refractivity contribution in [2.24, 2.45) is 10.7 Å². The maximum absolute atomic E-state index is 13.3. The fourth-order valence-electron chi connectivity index (χ4n) is 3.34. The van der Waals surface area contributed by atoms with Crippen molar-refractivity contribution in [1.82, 2.24) is 4.90 Å². The van der Waals surface area contributed by atoms with Crippen LogP contribution in [0.15, 0.2) is 23.2 Å². The molecule has 4 nitrogen and oxygen atoms in total. The molecule has 2 amide bonds. The number of rotatable bonds is 1. The summed E-state index contributed by atoms with van der Waals surface area (Å²) in [5.74, 6) is 0.0725. The third-order valence-corrected chi connectivity index (χ3v) is 4.04. The highest BCUT2D eigenvalue weighted by molar-refractivity contribution is 6.07. The van der Waals surface area contributed by atoms with E-state index in [0.29, 0.717) is 18.7 Å². The molecular weight excluding hydrogens is 245 g/mol. The molecule has 0 saturated heterocycles. The maximum atomic E-state index is 13.3. The van der Waals surface area contributed by atoms with Gasteiger partial charge in [-0.15, -0.1) is 0 Å². The Morgan fingerprint density at radius 3 is 2.89 bits per heavy atom. The van der Waals surface area contributed by atoms with E-state index in [1.165, 1.54) is 12.1 Å². The Kier molecular flexibility index (Phi) is 2.42. The zero-order valence-electron chi connectivity index (χ0n) is 11.0. The molecule has 1 spiro atoms. The molecule has 2 aliphatic rings. The summed E-state index contributed by atoms with van der Waals surface area (Å²) in [5.41, 5.74) is 7.19. The molecule has 1 aromatic rings. The first-order valence-corrected chi connectivity index (χ1v) is 6.43. The van der Waals surface area contributed by atoms with E-state index < -0.39 is 5.54 Å². The molecule has 1 atom stereocenters. The van der Waals surface area contributed by atoms with E-state index in [9.17, 15) is 9.18 Å². The Labute approximate surface area is 111 Å². The Bertz CT molecular complexity index is 596. The average Bonchev–Trinajstić information content (AvgIpc) is 2.80. The SMILES string of the molecule is CC(C)N1C(=O)N=C(N)C12CCc1cc(F)ccc12. The van der Waals surface area contributed by atoms with Crippen LogP contribution in [0.25, 0.3) is 0 Å². The van der Waals surface area contributed by atoms with Crippen molar-refractivity contribution >= 4 is 11.9 Å². The highest BCUT2D eigenvalue weighted by atomic mass is 19.1. The molecule has 0 radical (unpaired) electrons. The number of fused-ring (bicyclic) bond motifs is 2. The molecule has 19 heavy (non-hydrogen) atoms. The number of hydrogen-bond acceptors (Lipinski definition) is 2. The molecule has 0 saturated carbocycles. The van der Waals surface area contributed by atoms with Gasteiger partial charge in [-0.3, -0.25) is 0 Å². The number of nitrogens with zero attached hydrogens (tertiary/aromatic N) is 2. The first-order valence-electron chi connectivity index (χ1n) is 6.43.